The van der Waals surface area contributed by atoms with Gasteiger partial charge in [-0.1, -0.05) is 6.92 Å². The normalized spacial score (nSPS) is 33.8. The maximum atomic E-state index is 11.5. The van der Waals surface area contributed by atoms with E-state index in [2.05, 4.69) is 0 Å². The molecule has 2 atom stereocenters. The Kier molecular flexibility index (Phi) is 2.26. The number of carbonyl (C=O) groups excluding carboxylic acids is 1. The van der Waals surface area contributed by atoms with Gasteiger partial charge in [0.2, 0.25) is 5.91 Å². The number of amides is 1. The minimum atomic E-state index is 0.269. The monoisotopic (exact) mass is 183 g/mol. The molecule has 4 nitrogen and oxygen atoms in total. The summed E-state index contributed by atoms with van der Waals surface area (Å²) in [7, 11) is 0. The van der Waals surface area contributed by atoms with Gasteiger partial charge in [0.25, 0.3) is 0 Å². The molecule has 2 aliphatic rings. The van der Waals surface area contributed by atoms with Crippen molar-refractivity contribution in [3.8, 4) is 0 Å². The minimum absolute atomic E-state index is 0.269. The van der Waals surface area contributed by atoms with Crippen molar-refractivity contribution in [1.29, 1.82) is 0 Å². The first-order chi connectivity index (χ1) is 6.22. The molecule has 0 aromatic carbocycles. The molecule has 0 saturated carbocycles. The van der Waals surface area contributed by atoms with Crippen molar-refractivity contribution in [3.05, 3.63) is 0 Å². The second-order valence-electron chi connectivity index (χ2n) is 3.98. The third-order valence-electron chi connectivity index (χ3n) is 3.19. The molecule has 0 aromatic heterocycles. The maximum Gasteiger partial charge on any atom is 0.222 e. The van der Waals surface area contributed by atoms with E-state index in [1.165, 1.54) is 0 Å². The van der Waals surface area contributed by atoms with Crippen LogP contribution in [0.2, 0.25) is 0 Å². The van der Waals surface area contributed by atoms with E-state index < -0.39 is 0 Å². The highest BCUT2D eigenvalue weighted by Gasteiger charge is 2.39. The summed E-state index contributed by atoms with van der Waals surface area (Å²) in [5.74, 6) is 6.15. The molecule has 0 spiro atoms. The molecule has 0 aliphatic carbocycles. The number of nitrogens with two attached hydrogens (primary N) is 1. The number of likely N-dealkylation sites (tertiary alicyclic amines) is 1. The lowest BCUT2D eigenvalue weighted by molar-refractivity contribution is -0.134. The molecule has 74 valence electrons. The number of carbonyl (C=O) groups is 1. The highest BCUT2D eigenvalue weighted by molar-refractivity contribution is 5.76. The second-order valence-corrected chi connectivity index (χ2v) is 3.98. The highest BCUT2D eigenvalue weighted by Crippen LogP contribution is 2.26. The van der Waals surface area contributed by atoms with E-state index >= 15 is 0 Å². The van der Waals surface area contributed by atoms with Gasteiger partial charge in [-0.2, -0.15) is 0 Å². The fourth-order valence-corrected chi connectivity index (χ4v) is 2.36. The Morgan fingerprint density at radius 2 is 1.92 bits per heavy atom. The van der Waals surface area contributed by atoms with Crippen LogP contribution in [-0.4, -0.2) is 41.0 Å². The highest BCUT2D eigenvalue weighted by atomic mass is 16.2. The van der Waals surface area contributed by atoms with Gasteiger partial charge in [-0.05, 0) is 12.8 Å². The number of rotatable bonds is 1. The topological polar surface area (TPSA) is 49.6 Å². The largest absolute Gasteiger partial charge is 0.339 e. The van der Waals surface area contributed by atoms with Crippen LogP contribution in [0.3, 0.4) is 0 Å². The van der Waals surface area contributed by atoms with Crippen molar-refractivity contribution in [3.63, 3.8) is 0 Å². The first-order valence-electron chi connectivity index (χ1n) is 5.03. The Balaban J connectivity index is 2.02. The molecule has 0 aromatic rings. The molecular weight excluding hydrogens is 166 g/mol. The lowest BCUT2D eigenvalue weighted by Crippen LogP contribution is -2.57. The van der Waals surface area contributed by atoms with Crippen LogP contribution in [0.4, 0.5) is 0 Å². The average Bonchev–Trinajstić information content (AvgIpc) is 2.42. The smallest absolute Gasteiger partial charge is 0.222 e. The molecule has 2 aliphatic heterocycles. The molecular formula is C9H17N3O. The number of hydrogen-bond acceptors (Lipinski definition) is 3. The molecule has 13 heavy (non-hydrogen) atoms. The summed E-state index contributed by atoms with van der Waals surface area (Å²) >= 11 is 0. The van der Waals surface area contributed by atoms with Gasteiger partial charge in [0.15, 0.2) is 0 Å². The van der Waals surface area contributed by atoms with Crippen molar-refractivity contribution in [2.24, 2.45) is 5.84 Å². The minimum Gasteiger partial charge on any atom is -0.339 e. The Morgan fingerprint density at radius 3 is 2.38 bits per heavy atom. The van der Waals surface area contributed by atoms with Crippen molar-refractivity contribution >= 4 is 5.91 Å². The molecule has 0 radical (unpaired) electrons. The van der Waals surface area contributed by atoms with Gasteiger partial charge in [-0.3, -0.25) is 10.6 Å². The van der Waals surface area contributed by atoms with E-state index in [-0.39, 0.29) is 5.91 Å². The Morgan fingerprint density at radius 1 is 1.38 bits per heavy atom. The van der Waals surface area contributed by atoms with Crippen molar-refractivity contribution in [1.82, 2.24) is 9.91 Å². The fourth-order valence-electron chi connectivity index (χ4n) is 2.36. The van der Waals surface area contributed by atoms with Crippen molar-refractivity contribution in [2.75, 3.05) is 13.1 Å². The molecule has 2 bridgehead atoms. The quantitative estimate of drug-likeness (QED) is 0.580. The van der Waals surface area contributed by atoms with E-state index in [0.717, 1.165) is 25.9 Å². The average molecular weight is 183 g/mol. The number of hydrazine groups is 1. The summed E-state index contributed by atoms with van der Waals surface area (Å²) in [6, 6.07) is 0.823. The molecule has 2 fully saturated rings. The number of fused-ring (bicyclic) bond motifs is 2. The Bertz CT molecular complexity index is 205. The van der Waals surface area contributed by atoms with Gasteiger partial charge >= 0.3 is 0 Å². The predicted octanol–water partition coefficient (Wildman–Crippen LogP) is -0.0547. The van der Waals surface area contributed by atoms with Crippen LogP contribution in [-0.2, 0) is 4.79 Å². The van der Waals surface area contributed by atoms with Crippen LogP contribution in [0.25, 0.3) is 0 Å². The Hall–Kier alpha value is -0.610. The first kappa shape index (κ1) is 8.97. The van der Waals surface area contributed by atoms with Gasteiger partial charge in [-0.15, -0.1) is 0 Å². The van der Waals surface area contributed by atoms with Crippen LogP contribution in [0.1, 0.15) is 26.2 Å². The molecule has 2 N–H and O–H groups in total. The lowest BCUT2D eigenvalue weighted by Gasteiger charge is -2.38. The van der Waals surface area contributed by atoms with E-state index in [4.69, 9.17) is 5.84 Å². The summed E-state index contributed by atoms with van der Waals surface area (Å²) in [5, 5.41) is 1.94. The second kappa shape index (κ2) is 3.27. The van der Waals surface area contributed by atoms with E-state index in [1.54, 1.807) is 0 Å². The van der Waals surface area contributed by atoms with Crippen LogP contribution < -0.4 is 5.84 Å². The number of piperazine rings is 1. The summed E-state index contributed by atoms with van der Waals surface area (Å²) < 4.78 is 0. The van der Waals surface area contributed by atoms with Crippen LogP contribution >= 0.6 is 0 Å². The van der Waals surface area contributed by atoms with E-state index in [0.29, 0.717) is 18.5 Å². The zero-order valence-electron chi connectivity index (χ0n) is 8.07. The Labute approximate surface area is 78.6 Å². The summed E-state index contributed by atoms with van der Waals surface area (Å²) in [5.41, 5.74) is 0. The van der Waals surface area contributed by atoms with Gasteiger partial charge in [-0.25, -0.2) is 5.01 Å². The number of nitrogens with zero attached hydrogens (tertiary/aromatic N) is 2. The zero-order chi connectivity index (χ0) is 9.42. The van der Waals surface area contributed by atoms with Gasteiger partial charge in [0.05, 0.1) is 0 Å². The van der Waals surface area contributed by atoms with Crippen LogP contribution in [0, 0.1) is 0 Å². The summed E-state index contributed by atoms with van der Waals surface area (Å²) in [6.45, 7) is 3.58. The molecule has 2 heterocycles. The predicted molar refractivity (Wildman–Crippen MR) is 49.7 cm³/mol. The van der Waals surface area contributed by atoms with E-state index in [1.807, 2.05) is 16.8 Å². The van der Waals surface area contributed by atoms with E-state index in [9.17, 15) is 4.79 Å². The van der Waals surface area contributed by atoms with Crippen molar-refractivity contribution < 1.29 is 4.79 Å². The maximum absolute atomic E-state index is 11.5. The third kappa shape index (κ3) is 1.44. The van der Waals surface area contributed by atoms with Gasteiger partial charge < -0.3 is 4.90 Å². The SMILES string of the molecule is CCC(=O)N1CC2CCC(C1)N2N. The molecule has 2 rings (SSSR count). The van der Waals surface area contributed by atoms with Gasteiger partial charge in [0, 0.05) is 31.6 Å². The summed E-state index contributed by atoms with van der Waals surface area (Å²) in [6.07, 6.45) is 2.91. The van der Waals surface area contributed by atoms with Crippen LogP contribution in [0.15, 0.2) is 0 Å². The zero-order valence-corrected chi connectivity index (χ0v) is 8.07. The van der Waals surface area contributed by atoms with Gasteiger partial charge in [0.1, 0.15) is 0 Å². The number of hydrogen-bond donors (Lipinski definition) is 1. The standard InChI is InChI=1S/C9H17N3O/c1-2-9(13)11-5-7-3-4-8(6-11)12(7)10/h7-8H,2-6,10H2,1H3. The molecule has 2 unspecified atom stereocenters. The summed E-state index contributed by atoms with van der Waals surface area (Å²) in [4.78, 5) is 13.4. The molecule has 2 saturated heterocycles. The lowest BCUT2D eigenvalue weighted by atomic mass is 10.2. The fraction of sp³-hybridized carbons (Fsp3) is 0.889. The first-order valence-corrected chi connectivity index (χ1v) is 5.03. The van der Waals surface area contributed by atoms with Crippen LogP contribution in [0.5, 0.6) is 0 Å². The third-order valence-corrected chi connectivity index (χ3v) is 3.19. The van der Waals surface area contributed by atoms with Crippen molar-refractivity contribution in [2.45, 2.75) is 38.3 Å². The molecule has 4 heteroatoms. The molecule has 1 amide bonds.